The van der Waals surface area contributed by atoms with Crippen LogP contribution in [0.5, 0.6) is 5.88 Å². The first-order valence-corrected chi connectivity index (χ1v) is 9.86. The second kappa shape index (κ2) is 5.94. The van der Waals surface area contributed by atoms with Gasteiger partial charge in [0.1, 0.15) is 0 Å². The van der Waals surface area contributed by atoms with Crippen molar-refractivity contribution in [3.8, 4) is 5.88 Å². The van der Waals surface area contributed by atoms with Crippen molar-refractivity contribution in [3.05, 3.63) is 17.3 Å². The fourth-order valence-corrected chi connectivity index (χ4v) is 5.44. The average molecular weight is 370 g/mol. The van der Waals surface area contributed by atoms with Crippen molar-refractivity contribution < 1.29 is 9.53 Å². The molecule has 4 rings (SSSR count). The second-order valence-corrected chi connectivity index (χ2v) is 9.23. The lowest BCUT2D eigenvalue weighted by Gasteiger charge is -2.39. The van der Waals surface area contributed by atoms with Crippen LogP contribution in [0.4, 0.5) is 0 Å². The summed E-state index contributed by atoms with van der Waals surface area (Å²) in [4.78, 5) is 17.1. The van der Waals surface area contributed by atoms with Crippen molar-refractivity contribution in [1.29, 1.82) is 0 Å². The summed E-state index contributed by atoms with van der Waals surface area (Å²) in [7, 11) is 1.85. The molecule has 2 bridgehead atoms. The van der Waals surface area contributed by atoms with Crippen molar-refractivity contribution in [2.45, 2.75) is 59.9 Å². The van der Waals surface area contributed by atoms with E-state index in [2.05, 4.69) is 36.2 Å². The highest BCUT2D eigenvalue weighted by atomic mass is 16.5. The fraction of sp³-hybridized carbons (Fsp3) is 0.667. The van der Waals surface area contributed by atoms with Gasteiger partial charge in [0, 0.05) is 18.8 Å². The number of amides is 1. The maximum absolute atomic E-state index is 12.6. The Hall–Kier alpha value is -2.11. The highest BCUT2D eigenvalue weighted by Gasteiger charge is 2.61. The highest BCUT2D eigenvalue weighted by Crippen LogP contribution is 2.65. The van der Waals surface area contributed by atoms with Gasteiger partial charge in [0.2, 0.25) is 5.88 Å². The summed E-state index contributed by atoms with van der Waals surface area (Å²) in [5.41, 5.74) is 3.24. The Morgan fingerprint density at radius 3 is 2.74 bits per heavy atom. The Bertz CT molecular complexity index is 917. The molecule has 0 aromatic carbocycles. The SMILES string of the molecule is Cc1cc(C)c2c(OCC(=O)NC3CC4CCC3(C)C4(C)C)nn(C)c2n1. The minimum atomic E-state index is -0.0684. The first-order chi connectivity index (χ1) is 12.6. The standard InChI is InChI=1S/C21H30N4O2/c1-12-9-13(2)22-18-17(12)19(24-25(18)6)27-11-16(26)23-15-10-14-7-8-21(15,5)20(14,3)4/h9,14-15H,7-8,10-11H2,1-6H3,(H,23,26). The van der Waals surface area contributed by atoms with E-state index >= 15 is 0 Å². The van der Waals surface area contributed by atoms with Crippen LogP contribution in [-0.2, 0) is 11.8 Å². The monoisotopic (exact) mass is 370 g/mol. The molecule has 27 heavy (non-hydrogen) atoms. The van der Waals surface area contributed by atoms with Crippen LogP contribution in [-0.4, -0.2) is 33.3 Å². The Labute approximate surface area is 160 Å². The molecule has 146 valence electrons. The van der Waals surface area contributed by atoms with Crippen LogP contribution >= 0.6 is 0 Å². The highest BCUT2D eigenvalue weighted by molar-refractivity contribution is 5.85. The Morgan fingerprint density at radius 1 is 1.37 bits per heavy atom. The number of aryl methyl sites for hydroxylation is 3. The summed E-state index contributed by atoms with van der Waals surface area (Å²) < 4.78 is 7.52. The third-order valence-corrected chi connectivity index (χ3v) is 7.56. The van der Waals surface area contributed by atoms with Crippen molar-refractivity contribution in [1.82, 2.24) is 20.1 Å². The number of hydrogen-bond donors (Lipinski definition) is 1. The van der Waals surface area contributed by atoms with Crippen molar-refractivity contribution >= 4 is 16.9 Å². The molecule has 2 heterocycles. The van der Waals surface area contributed by atoms with Crippen molar-refractivity contribution in [2.75, 3.05) is 6.61 Å². The van der Waals surface area contributed by atoms with E-state index in [1.165, 1.54) is 12.8 Å². The van der Waals surface area contributed by atoms with E-state index in [9.17, 15) is 4.79 Å². The number of carbonyl (C=O) groups excluding carboxylic acids is 1. The molecule has 2 fully saturated rings. The lowest BCUT2D eigenvalue weighted by molar-refractivity contribution is -0.124. The number of ether oxygens (including phenoxy) is 1. The van der Waals surface area contributed by atoms with Gasteiger partial charge in [0.25, 0.3) is 5.91 Å². The Kier molecular flexibility index (Phi) is 4.02. The smallest absolute Gasteiger partial charge is 0.258 e. The van der Waals surface area contributed by atoms with Gasteiger partial charge in [-0.05, 0) is 61.5 Å². The molecule has 1 N–H and O–H groups in total. The first-order valence-electron chi connectivity index (χ1n) is 9.86. The summed E-state index contributed by atoms with van der Waals surface area (Å²) >= 11 is 0. The molecule has 1 amide bonds. The molecule has 0 spiro atoms. The molecule has 0 radical (unpaired) electrons. The van der Waals surface area contributed by atoms with Gasteiger partial charge >= 0.3 is 0 Å². The Balaban J connectivity index is 1.46. The van der Waals surface area contributed by atoms with Gasteiger partial charge < -0.3 is 10.1 Å². The van der Waals surface area contributed by atoms with Crippen LogP contribution in [0.3, 0.4) is 0 Å². The van der Waals surface area contributed by atoms with Gasteiger partial charge in [-0.3, -0.25) is 4.79 Å². The fourth-order valence-electron chi connectivity index (χ4n) is 5.44. The quantitative estimate of drug-likeness (QED) is 0.897. The van der Waals surface area contributed by atoms with E-state index in [4.69, 9.17) is 4.74 Å². The number of aromatic nitrogens is 3. The molecule has 0 aliphatic heterocycles. The molecular weight excluding hydrogens is 340 g/mol. The summed E-state index contributed by atoms with van der Waals surface area (Å²) in [6, 6.07) is 2.24. The minimum Gasteiger partial charge on any atom is -0.466 e. The summed E-state index contributed by atoms with van der Waals surface area (Å²) in [6.45, 7) is 11.0. The Morgan fingerprint density at radius 2 is 2.11 bits per heavy atom. The largest absolute Gasteiger partial charge is 0.466 e. The number of nitrogens with one attached hydrogen (secondary N) is 1. The van der Waals surface area contributed by atoms with Gasteiger partial charge in [-0.25, -0.2) is 9.67 Å². The van der Waals surface area contributed by atoms with Crippen molar-refractivity contribution in [3.63, 3.8) is 0 Å². The van der Waals surface area contributed by atoms with E-state index in [0.717, 1.165) is 28.7 Å². The summed E-state index contributed by atoms with van der Waals surface area (Å²) in [5, 5.41) is 8.54. The molecule has 0 saturated heterocycles. The maximum Gasteiger partial charge on any atom is 0.258 e. The predicted octanol–water partition coefficient (Wildman–Crippen LogP) is 3.29. The molecule has 3 unspecified atom stereocenters. The molecular formula is C21H30N4O2. The molecule has 2 aromatic rings. The number of hydrogen-bond acceptors (Lipinski definition) is 4. The zero-order valence-corrected chi connectivity index (χ0v) is 17.2. The number of pyridine rings is 1. The normalized spacial score (nSPS) is 28.7. The number of carbonyl (C=O) groups is 1. The van der Waals surface area contributed by atoms with Crippen LogP contribution < -0.4 is 10.1 Å². The molecule has 2 aromatic heterocycles. The number of rotatable bonds is 4. The van der Waals surface area contributed by atoms with Gasteiger partial charge in [-0.15, -0.1) is 5.10 Å². The van der Waals surface area contributed by atoms with E-state index in [1.54, 1.807) is 4.68 Å². The number of fused-ring (bicyclic) bond motifs is 3. The number of nitrogens with zero attached hydrogens (tertiary/aromatic N) is 3. The minimum absolute atomic E-state index is 0.0168. The molecule has 2 aliphatic carbocycles. The maximum atomic E-state index is 12.6. The zero-order chi connectivity index (χ0) is 19.6. The molecule has 6 heteroatoms. The summed E-state index contributed by atoms with van der Waals surface area (Å²) in [5.74, 6) is 1.11. The molecule has 2 saturated carbocycles. The van der Waals surface area contributed by atoms with E-state index in [-0.39, 0.29) is 29.4 Å². The predicted molar refractivity (Wildman–Crippen MR) is 105 cm³/mol. The van der Waals surface area contributed by atoms with Crippen LogP contribution in [0.25, 0.3) is 11.0 Å². The molecule has 3 atom stereocenters. The second-order valence-electron chi connectivity index (χ2n) is 9.23. The van der Waals surface area contributed by atoms with E-state index < -0.39 is 0 Å². The third-order valence-electron chi connectivity index (χ3n) is 7.56. The van der Waals surface area contributed by atoms with Crippen molar-refractivity contribution in [2.24, 2.45) is 23.8 Å². The first kappa shape index (κ1) is 18.3. The van der Waals surface area contributed by atoms with Crippen LogP contribution in [0.1, 0.15) is 51.3 Å². The van der Waals surface area contributed by atoms with Gasteiger partial charge in [0.05, 0.1) is 5.39 Å². The van der Waals surface area contributed by atoms with Gasteiger partial charge in [-0.1, -0.05) is 20.8 Å². The topological polar surface area (TPSA) is 69.0 Å². The lowest BCUT2D eigenvalue weighted by Crippen LogP contribution is -2.48. The van der Waals surface area contributed by atoms with Crippen LogP contribution in [0, 0.1) is 30.6 Å². The van der Waals surface area contributed by atoms with E-state index in [1.807, 2.05) is 27.0 Å². The van der Waals surface area contributed by atoms with Gasteiger partial charge in [-0.2, -0.15) is 0 Å². The van der Waals surface area contributed by atoms with Crippen LogP contribution in [0.2, 0.25) is 0 Å². The zero-order valence-electron chi connectivity index (χ0n) is 17.2. The third kappa shape index (κ3) is 2.64. The lowest BCUT2D eigenvalue weighted by atomic mass is 9.69. The average Bonchev–Trinajstić information content (AvgIpc) is 3.08. The summed E-state index contributed by atoms with van der Waals surface area (Å²) in [6.07, 6.45) is 3.54. The van der Waals surface area contributed by atoms with E-state index in [0.29, 0.717) is 11.8 Å². The molecule has 2 aliphatic rings. The van der Waals surface area contributed by atoms with Gasteiger partial charge in [0.15, 0.2) is 12.3 Å². The van der Waals surface area contributed by atoms with Crippen LogP contribution in [0.15, 0.2) is 6.07 Å². The molecule has 6 nitrogen and oxygen atoms in total.